The summed E-state index contributed by atoms with van der Waals surface area (Å²) in [6.45, 7) is 4.10. The summed E-state index contributed by atoms with van der Waals surface area (Å²) in [6.07, 6.45) is 2.06. The monoisotopic (exact) mass is 197 g/mol. The van der Waals surface area contributed by atoms with Crippen LogP contribution in [0.3, 0.4) is 0 Å². The quantitative estimate of drug-likeness (QED) is 0.554. The van der Waals surface area contributed by atoms with Gasteiger partial charge in [-0.1, -0.05) is 12.6 Å². The van der Waals surface area contributed by atoms with E-state index in [0.29, 0.717) is 0 Å². The molecule has 0 aliphatic heterocycles. The van der Waals surface area contributed by atoms with Gasteiger partial charge in [-0.25, -0.2) is 11.6 Å². The van der Waals surface area contributed by atoms with Crippen molar-refractivity contribution in [2.24, 2.45) is 7.05 Å². The fourth-order valence-electron chi connectivity index (χ4n) is 0.793. The second-order valence-electron chi connectivity index (χ2n) is 2.13. The molecule has 1 nitrogen and oxygen atoms in total. The molecule has 1 aromatic rings. The minimum atomic E-state index is 0. The van der Waals surface area contributed by atoms with Crippen molar-refractivity contribution in [2.45, 2.75) is 13.8 Å². The molecule has 44 valence electrons. The molecule has 0 fully saturated rings. The molecule has 0 saturated carbocycles. The number of hydrogen-bond acceptors (Lipinski definition) is 0. The Balaban J connectivity index is 0.000000640. The van der Waals surface area contributed by atoms with Gasteiger partial charge in [0.05, 0.1) is 0 Å². The van der Waals surface area contributed by atoms with Crippen LogP contribution < -0.4 is 0 Å². The van der Waals surface area contributed by atoms with Gasteiger partial charge in [-0.05, 0) is 14.0 Å². The molecular weight excluding hydrogens is 187 g/mol. The van der Waals surface area contributed by atoms with E-state index in [-0.39, 0.29) is 32.7 Å². The van der Waals surface area contributed by atoms with Crippen molar-refractivity contribution >= 4 is 0 Å². The van der Waals surface area contributed by atoms with Gasteiger partial charge in [-0.2, -0.15) is 0 Å². The first-order chi connectivity index (χ1) is 3.70. The van der Waals surface area contributed by atoms with Gasteiger partial charge in [0, 0.05) is 0 Å². The Labute approximate surface area is 81.3 Å². The van der Waals surface area contributed by atoms with Gasteiger partial charge in [-0.15, -0.1) is 6.20 Å². The van der Waals surface area contributed by atoms with Crippen molar-refractivity contribution in [1.82, 2.24) is 4.57 Å². The summed E-state index contributed by atoms with van der Waals surface area (Å²) in [7, 11) is 2.03. The first kappa shape index (κ1) is 9.38. The normalized spacial score (nSPS) is 8.78. The molecule has 0 atom stereocenters. The van der Waals surface area contributed by atoms with Gasteiger partial charge in [0.2, 0.25) is 0 Å². The molecule has 9 heavy (non-hydrogen) atoms. The van der Waals surface area contributed by atoms with Crippen molar-refractivity contribution in [2.75, 3.05) is 0 Å². The zero-order chi connectivity index (χ0) is 6.15. The van der Waals surface area contributed by atoms with Crippen LogP contribution in [-0.2, 0) is 39.8 Å². The van der Waals surface area contributed by atoms with Crippen LogP contribution in [0.1, 0.15) is 11.3 Å². The van der Waals surface area contributed by atoms with E-state index in [2.05, 4.69) is 16.8 Å². The Morgan fingerprint density at radius 3 is 2.11 bits per heavy atom. The van der Waals surface area contributed by atoms with Gasteiger partial charge in [0.1, 0.15) is 0 Å². The molecule has 0 unspecified atom stereocenters. The fraction of sp³-hybridized carbons (Fsp3) is 0.429. The predicted octanol–water partition coefficient (Wildman–Crippen LogP) is 1.44. The molecule has 0 bridgehead atoms. The van der Waals surface area contributed by atoms with Crippen LogP contribution in [0.5, 0.6) is 0 Å². The molecule has 0 radical (unpaired) electrons. The largest absolute Gasteiger partial charge is 3.00 e. The SMILES string of the molecule is Cc1[c-]c(C)n(C)c1.[Y+3]. The summed E-state index contributed by atoms with van der Waals surface area (Å²) >= 11 is 0. The Morgan fingerprint density at radius 2 is 2.00 bits per heavy atom. The van der Waals surface area contributed by atoms with Gasteiger partial charge < -0.3 is 4.57 Å². The molecule has 2 heteroatoms. The van der Waals surface area contributed by atoms with Gasteiger partial charge >= 0.3 is 32.7 Å². The van der Waals surface area contributed by atoms with Gasteiger partial charge in [0.15, 0.2) is 0 Å². The minimum absolute atomic E-state index is 0. The van der Waals surface area contributed by atoms with Crippen molar-refractivity contribution in [3.8, 4) is 0 Å². The average molecular weight is 197 g/mol. The summed E-state index contributed by atoms with van der Waals surface area (Å²) in [5, 5.41) is 0. The molecule has 0 spiro atoms. The molecule has 0 saturated heterocycles. The standard InChI is InChI=1S/C7H10N.Y/c1-6-4-7(2)8(3)5-6;/h5H,1-3H3;/q-1;+3. The third-order valence-electron chi connectivity index (χ3n) is 1.29. The van der Waals surface area contributed by atoms with E-state index in [9.17, 15) is 0 Å². The molecular formula is C7H10NY+2. The average Bonchev–Trinajstić information content (AvgIpc) is 1.85. The van der Waals surface area contributed by atoms with E-state index in [0.717, 1.165) is 0 Å². The number of aryl methyl sites for hydroxylation is 3. The number of aromatic nitrogens is 1. The summed E-state index contributed by atoms with van der Waals surface area (Å²) in [4.78, 5) is 0. The third-order valence-corrected chi connectivity index (χ3v) is 1.29. The van der Waals surface area contributed by atoms with Crippen LogP contribution in [0.15, 0.2) is 6.20 Å². The van der Waals surface area contributed by atoms with Crippen molar-refractivity contribution in [3.63, 3.8) is 0 Å². The number of nitrogens with zero attached hydrogens (tertiary/aromatic N) is 1. The first-order valence-electron chi connectivity index (χ1n) is 2.72. The maximum atomic E-state index is 3.17. The second kappa shape index (κ2) is 3.53. The van der Waals surface area contributed by atoms with Gasteiger partial charge in [0.25, 0.3) is 0 Å². The molecule has 0 amide bonds. The predicted molar refractivity (Wildman–Crippen MR) is 33.7 cm³/mol. The molecule has 1 aromatic heterocycles. The third kappa shape index (κ3) is 2.23. The molecule has 0 aromatic carbocycles. The van der Waals surface area contributed by atoms with Crippen LogP contribution in [0.2, 0.25) is 0 Å². The Hall–Kier alpha value is 0.384. The summed E-state index contributed by atoms with van der Waals surface area (Å²) in [6, 6.07) is 3.17. The summed E-state index contributed by atoms with van der Waals surface area (Å²) < 4.78 is 2.06. The molecule has 1 rings (SSSR count). The second-order valence-corrected chi connectivity index (χ2v) is 2.13. The van der Waals surface area contributed by atoms with Crippen molar-refractivity contribution in [3.05, 3.63) is 23.5 Å². The Kier molecular flexibility index (Phi) is 3.68. The topological polar surface area (TPSA) is 4.93 Å². The van der Waals surface area contributed by atoms with E-state index in [1.165, 1.54) is 11.3 Å². The zero-order valence-electron chi connectivity index (χ0n) is 6.10. The van der Waals surface area contributed by atoms with E-state index in [1.54, 1.807) is 0 Å². The summed E-state index contributed by atoms with van der Waals surface area (Å²) in [5.74, 6) is 0. The smallest absolute Gasteiger partial charge is 0.448 e. The van der Waals surface area contributed by atoms with Crippen LogP contribution in [-0.4, -0.2) is 4.57 Å². The van der Waals surface area contributed by atoms with E-state index in [4.69, 9.17) is 0 Å². The van der Waals surface area contributed by atoms with E-state index < -0.39 is 0 Å². The maximum absolute atomic E-state index is 3.17. The van der Waals surface area contributed by atoms with Gasteiger partial charge in [-0.3, -0.25) is 0 Å². The maximum Gasteiger partial charge on any atom is 3.00 e. The van der Waals surface area contributed by atoms with Crippen LogP contribution in [0.4, 0.5) is 0 Å². The van der Waals surface area contributed by atoms with Crippen LogP contribution >= 0.6 is 0 Å². The molecule has 0 aliphatic carbocycles. The van der Waals surface area contributed by atoms with E-state index >= 15 is 0 Å². The number of hydrogen-bond donors (Lipinski definition) is 0. The Morgan fingerprint density at radius 1 is 1.44 bits per heavy atom. The molecule has 0 N–H and O–H groups in total. The summed E-state index contributed by atoms with van der Waals surface area (Å²) in [5.41, 5.74) is 2.41. The van der Waals surface area contributed by atoms with Crippen molar-refractivity contribution < 1.29 is 32.7 Å². The Bertz CT molecular complexity index is 171. The first-order valence-corrected chi connectivity index (χ1v) is 2.72. The minimum Gasteiger partial charge on any atom is -0.448 e. The van der Waals surface area contributed by atoms with E-state index in [1.807, 2.05) is 20.9 Å². The fourth-order valence-corrected chi connectivity index (χ4v) is 0.793. The zero-order valence-corrected chi connectivity index (χ0v) is 8.94. The molecule has 0 aliphatic rings. The van der Waals surface area contributed by atoms with Crippen LogP contribution in [0, 0.1) is 19.9 Å². The number of rotatable bonds is 0. The molecule has 1 heterocycles. The van der Waals surface area contributed by atoms with Crippen molar-refractivity contribution in [1.29, 1.82) is 0 Å². The van der Waals surface area contributed by atoms with Crippen LogP contribution in [0.25, 0.3) is 0 Å².